The Morgan fingerprint density at radius 1 is 1.53 bits per heavy atom. The Labute approximate surface area is 116 Å². The second kappa shape index (κ2) is 6.12. The highest BCUT2D eigenvalue weighted by Crippen LogP contribution is 2.44. The first-order chi connectivity index (χ1) is 9.19. The van der Waals surface area contributed by atoms with Crippen LogP contribution in [0, 0.1) is 0 Å². The minimum absolute atomic E-state index is 0.150. The summed E-state index contributed by atoms with van der Waals surface area (Å²) in [6.45, 7) is 5.37. The number of nitrogen functional groups attached to an aromatic ring is 1. The summed E-state index contributed by atoms with van der Waals surface area (Å²) in [5.41, 5.74) is 6.44. The zero-order chi connectivity index (χ0) is 13.8. The molecule has 1 aromatic rings. The zero-order valence-corrected chi connectivity index (χ0v) is 12.0. The molecule has 1 amide bonds. The maximum Gasteiger partial charge on any atom is 0.263 e. The monoisotopic (exact) mass is 285 g/mol. The van der Waals surface area contributed by atoms with E-state index in [0.29, 0.717) is 36.1 Å². The number of amides is 1. The molecule has 19 heavy (non-hydrogen) atoms. The SMILES string of the molecule is CCNC(=O)c1sc(N2CCOCC2)c(OC)c1N. The van der Waals surface area contributed by atoms with Gasteiger partial charge in [0.15, 0.2) is 5.75 Å². The fraction of sp³-hybridized carbons (Fsp3) is 0.583. The van der Waals surface area contributed by atoms with Crippen LogP contribution in [0.5, 0.6) is 5.75 Å². The molecule has 0 aliphatic carbocycles. The van der Waals surface area contributed by atoms with Gasteiger partial charge in [-0.25, -0.2) is 0 Å². The fourth-order valence-electron chi connectivity index (χ4n) is 2.00. The van der Waals surface area contributed by atoms with Gasteiger partial charge >= 0.3 is 0 Å². The number of morpholine rings is 1. The topological polar surface area (TPSA) is 76.8 Å². The highest BCUT2D eigenvalue weighted by atomic mass is 32.1. The van der Waals surface area contributed by atoms with Crippen LogP contribution in [-0.2, 0) is 4.74 Å². The van der Waals surface area contributed by atoms with Crippen LogP contribution in [0.4, 0.5) is 10.7 Å². The number of anilines is 2. The van der Waals surface area contributed by atoms with Crippen LogP contribution in [0.15, 0.2) is 0 Å². The van der Waals surface area contributed by atoms with Crippen molar-refractivity contribution in [1.29, 1.82) is 0 Å². The molecule has 0 atom stereocenters. The molecule has 1 fully saturated rings. The van der Waals surface area contributed by atoms with Gasteiger partial charge in [0.1, 0.15) is 15.6 Å². The Balaban J connectivity index is 2.32. The Morgan fingerprint density at radius 2 is 2.21 bits per heavy atom. The lowest BCUT2D eigenvalue weighted by Crippen LogP contribution is -2.35. The summed E-state index contributed by atoms with van der Waals surface area (Å²) in [7, 11) is 1.57. The maximum absolute atomic E-state index is 12.0. The van der Waals surface area contributed by atoms with Crippen LogP contribution < -0.4 is 20.7 Å². The lowest BCUT2D eigenvalue weighted by molar-refractivity contribution is 0.0960. The average Bonchev–Trinajstić information content (AvgIpc) is 2.77. The number of rotatable bonds is 4. The van der Waals surface area contributed by atoms with Gasteiger partial charge in [0.05, 0.1) is 20.3 Å². The van der Waals surface area contributed by atoms with E-state index in [4.69, 9.17) is 15.2 Å². The van der Waals surface area contributed by atoms with Crippen molar-refractivity contribution >= 4 is 27.9 Å². The van der Waals surface area contributed by atoms with Crippen molar-refractivity contribution in [2.24, 2.45) is 0 Å². The second-order valence-corrected chi connectivity index (χ2v) is 5.14. The largest absolute Gasteiger partial charge is 0.492 e. The summed E-state index contributed by atoms with van der Waals surface area (Å²) in [6, 6.07) is 0. The summed E-state index contributed by atoms with van der Waals surface area (Å²) in [6.07, 6.45) is 0. The van der Waals surface area contributed by atoms with E-state index in [9.17, 15) is 4.79 Å². The summed E-state index contributed by atoms with van der Waals surface area (Å²) < 4.78 is 10.7. The van der Waals surface area contributed by atoms with E-state index >= 15 is 0 Å². The minimum atomic E-state index is -0.150. The molecule has 0 unspecified atom stereocenters. The van der Waals surface area contributed by atoms with E-state index in [1.165, 1.54) is 11.3 Å². The highest BCUT2D eigenvalue weighted by Gasteiger charge is 2.25. The number of ether oxygens (including phenoxy) is 2. The lowest BCUT2D eigenvalue weighted by Gasteiger charge is -2.27. The van der Waals surface area contributed by atoms with Gasteiger partial charge in [-0.05, 0) is 6.92 Å². The molecule has 0 spiro atoms. The van der Waals surface area contributed by atoms with Crippen LogP contribution in [-0.4, -0.2) is 45.9 Å². The van der Waals surface area contributed by atoms with E-state index in [-0.39, 0.29) is 5.91 Å². The van der Waals surface area contributed by atoms with Crippen molar-refractivity contribution < 1.29 is 14.3 Å². The molecular formula is C12H19N3O3S. The van der Waals surface area contributed by atoms with Crippen LogP contribution in [0.2, 0.25) is 0 Å². The van der Waals surface area contributed by atoms with Gasteiger partial charge in [-0.2, -0.15) is 0 Å². The molecule has 1 aliphatic heterocycles. The predicted molar refractivity (Wildman–Crippen MR) is 76.3 cm³/mol. The molecule has 6 nitrogen and oxygen atoms in total. The quantitative estimate of drug-likeness (QED) is 0.860. The molecule has 106 valence electrons. The van der Waals surface area contributed by atoms with Gasteiger partial charge in [-0.3, -0.25) is 4.79 Å². The van der Waals surface area contributed by atoms with Crippen LogP contribution in [0.1, 0.15) is 16.6 Å². The first-order valence-electron chi connectivity index (χ1n) is 6.26. The third kappa shape index (κ3) is 2.76. The number of carbonyl (C=O) groups excluding carboxylic acids is 1. The molecule has 1 saturated heterocycles. The van der Waals surface area contributed by atoms with Crippen molar-refractivity contribution in [3.05, 3.63) is 4.88 Å². The number of nitrogens with two attached hydrogens (primary N) is 1. The lowest BCUT2D eigenvalue weighted by atomic mass is 10.3. The van der Waals surface area contributed by atoms with E-state index < -0.39 is 0 Å². The molecule has 2 heterocycles. The normalized spacial score (nSPS) is 15.4. The number of hydrogen-bond donors (Lipinski definition) is 2. The van der Waals surface area contributed by atoms with Crippen molar-refractivity contribution in [2.45, 2.75) is 6.92 Å². The van der Waals surface area contributed by atoms with E-state index in [2.05, 4.69) is 10.2 Å². The number of methoxy groups -OCH3 is 1. The Kier molecular flexibility index (Phi) is 4.49. The van der Waals surface area contributed by atoms with Gasteiger partial charge in [0.25, 0.3) is 5.91 Å². The van der Waals surface area contributed by atoms with Crippen LogP contribution >= 0.6 is 11.3 Å². The van der Waals surface area contributed by atoms with Crippen molar-refractivity contribution in [1.82, 2.24) is 5.32 Å². The maximum atomic E-state index is 12.0. The molecule has 1 aliphatic rings. The van der Waals surface area contributed by atoms with E-state index in [1.54, 1.807) is 7.11 Å². The summed E-state index contributed by atoms with van der Waals surface area (Å²) in [5.74, 6) is 0.441. The number of nitrogens with one attached hydrogen (secondary N) is 1. The summed E-state index contributed by atoms with van der Waals surface area (Å²) in [5, 5.41) is 3.67. The van der Waals surface area contributed by atoms with Gasteiger partial charge in [0.2, 0.25) is 0 Å². The first-order valence-corrected chi connectivity index (χ1v) is 7.07. The third-order valence-corrected chi connectivity index (χ3v) is 4.17. The Morgan fingerprint density at radius 3 is 2.79 bits per heavy atom. The molecular weight excluding hydrogens is 266 g/mol. The van der Waals surface area contributed by atoms with Gasteiger partial charge in [-0.1, -0.05) is 0 Å². The highest BCUT2D eigenvalue weighted by molar-refractivity contribution is 7.19. The Bertz CT molecular complexity index is 455. The summed E-state index contributed by atoms with van der Waals surface area (Å²) in [4.78, 5) is 14.6. The molecule has 0 bridgehead atoms. The molecule has 2 rings (SSSR count). The zero-order valence-electron chi connectivity index (χ0n) is 11.2. The fourth-order valence-corrected chi connectivity index (χ4v) is 3.16. The second-order valence-electron chi connectivity index (χ2n) is 4.14. The first kappa shape index (κ1) is 14.0. The third-order valence-electron chi connectivity index (χ3n) is 2.93. The van der Waals surface area contributed by atoms with Gasteiger partial charge in [-0.15, -0.1) is 11.3 Å². The van der Waals surface area contributed by atoms with Gasteiger partial charge < -0.3 is 25.4 Å². The van der Waals surface area contributed by atoms with Crippen molar-refractivity contribution in [3.8, 4) is 5.75 Å². The van der Waals surface area contributed by atoms with Crippen LogP contribution in [0.3, 0.4) is 0 Å². The van der Waals surface area contributed by atoms with Crippen molar-refractivity contribution in [2.75, 3.05) is 50.6 Å². The van der Waals surface area contributed by atoms with Crippen LogP contribution in [0.25, 0.3) is 0 Å². The van der Waals surface area contributed by atoms with Gasteiger partial charge in [0, 0.05) is 19.6 Å². The number of hydrogen-bond acceptors (Lipinski definition) is 6. The summed E-state index contributed by atoms with van der Waals surface area (Å²) >= 11 is 1.37. The molecule has 1 aromatic heterocycles. The number of carbonyl (C=O) groups is 1. The molecule has 0 radical (unpaired) electrons. The van der Waals surface area contributed by atoms with E-state index in [0.717, 1.165) is 18.1 Å². The van der Waals surface area contributed by atoms with Crippen molar-refractivity contribution in [3.63, 3.8) is 0 Å². The standard InChI is InChI=1S/C12H19N3O3S/c1-3-14-11(16)10-8(13)9(17-2)12(19-10)15-4-6-18-7-5-15/h3-7,13H2,1-2H3,(H,14,16). The molecule has 0 aromatic carbocycles. The minimum Gasteiger partial charge on any atom is -0.492 e. The smallest absolute Gasteiger partial charge is 0.263 e. The molecule has 3 N–H and O–H groups in total. The average molecular weight is 285 g/mol. The molecule has 0 saturated carbocycles. The van der Waals surface area contributed by atoms with E-state index in [1.807, 2.05) is 6.92 Å². The number of nitrogens with zero attached hydrogens (tertiary/aromatic N) is 1. The predicted octanol–water partition coefficient (Wildman–Crippen LogP) is 0.925. The Hall–Kier alpha value is -1.47. The number of thiophene rings is 1. The molecule has 7 heteroatoms.